The van der Waals surface area contributed by atoms with Gasteiger partial charge in [-0.25, -0.2) is 0 Å². The molecule has 0 bridgehead atoms. The lowest BCUT2D eigenvalue weighted by Crippen LogP contribution is -1.87. The highest BCUT2D eigenvalue weighted by Gasteiger charge is 2.11. The highest BCUT2D eigenvalue weighted by molar-refractivity contribution is 7.86. The third-order valence-corrected chi connectivity index (χ3v) is 1.54. The first kappa shape index (κ1) is 6.21. The summed E-state index contributed by atoms with van der Waals surface area (Å²) in [6.45, 7) is 0. The molecule has 0 aromatic carbocycles. The number of nitrogens with zero attached hydrogens (tertiary/aromatic N) is 1. The lowest BCUT2D eigenvalue weighted by atomic mass is 10.7. The summed E-state index contributed by atoms with van der Waals surface area (Å²) in [4.78, 5) is -0.442. The molecule has 1 heterocycles. The average molecular weight is 150 g/mol. The van der Waals surface area contributed by atoms with Gasteiger partial charge >= 0.3 is 10.2 Å². The molecule has 0 amide bonds. The van der Waals surface area contributed by atoms with Gasteiger partial charge in [-0.2, -0.15) is 13.5 Å². The number of hydrogen-bond donors (Lipinski definition) is 1. The van der Waals surface area contributed by atoms with Crippen LogP contribution in [0.1, 0.15) is 0 Å². The molecule has 0 aliphatic heterocycles. The standard InChI is InChI=1S/C3H3FN2O2S/c4-9(7,8)3-1-5-6-2-3/h1-2H,(H,5,6). The van der Waals surface area contributed by atoms with Crippen LogP contribution in [0.4, 0.5) is 3.89 Å². The van der Waals surface area contributed by atoms with Gasteiger partial charge in [0.25, 0.3) is 0 Å². The highest BCUT2D eigenvalue weighted by atomic mass is 32.3. The maximum atomic E-state index is 11.9. The minimum atomic E-state index is -4.55. The zero-order chi connectivity index (χ0) is 6.91. The van der Waals surface area contributed by atoms with Crippen LogP contribution in [0.15, 0.2) is 17.3 Å². The fraction of sp³-hybridized carbons (Fsp3) is 0. The molecular weight excluding hydrogens is 147 g/mol. The molecule has 1 aromatic rings. The van der Waals surface area contributed by atoms with Crippen molar-refractivity contribution in [3.8, 4) is 0 Å². The van der Waals surface area contributed by atoms with Crippen LogP contribution in [0, 0.1) is 0 Å². The van der Waals surface area contributed by atoms with Crippen LogP contribution in [0.2, 0.25) is 0 Å². The van der Waals surface area contributed by atoms with Gasteiger partial charge in [0.15, 0.2) is 0 Å². The van der Waals surface area contributed by atoms with E-state index in [-0.39, 0.29) is 0 Å². The van der Waals surface area contributed by atoms with E-state index in [9.17, 15) is 12.3 Å². The second-order valence-electron chi connectivity index (χ2n) is 1.37. The van der Waals surface area contributed by atoms with E-state index >= 15 is 0 Å². The topological polar surface area (TPSA) is 62.8 Å². The van der Waals surface area contributed by atoms with Gasteiger partial charge in [-0.1, -0.05) is 0 Å². The number of halogens is 1. The van der Waals surface area contributed by atoms with E-state index in [1.807, 2.05) is 0 Å². The quantitative estimate of drug-likeness (QED) is 0.576. The van der Waals surface area contributed by atoms with Crippen LogP contribution < -0.4 is 0 Å². The Balaban J connectivity index is 3.20. The van der Waals surface area contributed by atoms with Crippen molar-refractivity contribution in [1.29, 1.82) is 0 Å². The van der Waals surface area contributed by atoms with Gasteiger partial charge in [-0.3, -0.25) is 5.10 Å². The molecular formula is C3H3FN2O2S. The molecule has 0 saturated heterocycles. The first-order chi connectivity index (χ1) is 4.11. The Kier molecular flexibility index (Phi) is 1.24. The van der Waals surface area contributed by atoms with Gasteiger partial charge in [-0.15, -0.1) is 3.89 Å². The van der Waals surface area contributed by atoms with E-state index in [0.29, 0.717) is 0 Å². The molecule has 9 heavy (non-hydrogen) atoms. The second-order valence-corrected chi connectivity index (χ2v) is 2.72. The number of rotatable bonds is 1. The predicted octanol–water partition coefficient (Wildman–Crippen LogP) is 0.0679. The van der Waals surface area contributed by atoms with Crippen molar-refractivity contribution < 1.29 is 12.3 Å². The predicted molar refractivity (Wildman–Crippen MR) is 26.9 cm³/mol. The smallest absolute Gasteiger partial charge is 0.284 e. The molecule has 0 radical (unpaired) electrons. The SMILES string of the molecule is O=S(=O)(F)c1cn[nH]c1. The van der Waals surface area contributed by atoms with Crippen LogP contribution in [0.25, 0.3) is 0 Å². The molecule has 1 N–H and O–H groups in total. The molecule has 4 nitrogen and oxygen atoms in total. The summed E-state index contributed by atoms with van der Waals surface area (Å²) in [6.07, 6.45) is 1.87. The van der Waals surface area contributed by atoms with Crippen LogP contribution in [0.5, 0.6) is 0 Å². The lowest BCUT2D eigenvalue weighted by molar-refractivity contribution is 0.552. The van der Waals surface area contributed by atoms with E-state index in [1.165, 1.54) is 0 Å². The lowest BCUT2D eigenvalue weighted by Gasteiger charge is -1.80. The van der Waals surface area contributed by atoms with Gasteiger partial charge < -0.3 is 0 Å². The maximum Gasteiger partial charge on any atom is 0.335 e. The Bertz CT molecular complexity index is 277. The summed E-state index contributed by atoms with van der Waals surface area (Å²) in [7, 11) is -4.55. The van der Waals surface area contributed by atoms with Crippen molar-refractivity contribution in [3.63, 3.8) is 0 Å². The third-order valence-electron chi connectivity index (χ3n) is 0.755. The molecule has 1 aromatic heterocycles. The molecule has 0 aliphatic rings. The second kappa shape index (κ2) is 1.80. The zero-order valence-electron chi connectivity index (χ0n) is 4.20. The molecule has 0 spiro atoms. The number of nitrogens with one attached hydrogen (secondary N) is 1. The molecule has 50 valence electrons. The van der Waals surface area contributed by atoms with Crippen molar-refractivity contribution in [2.45, 2.75) is 4.90 Å². The molecule has 0 atom stereocenters. The van der Waals surface area contributed by atoms with Gasteiger partial charge in [0, 0.05) is 6.20 Å². The monoisotopic (exact) mass is 150 g/mol. The highest BCUT2D eigenvalue weighted by Crippen LogP contribution is 2.06. The van der Waals surface area contributed by atoms with Gasteiger partial charge in [-0.05, 0) is 0 Å². The molecule has 0 fully saturated rings. The number of aromatic amines is 1. The Morgan fingerprint density at radius 3 is 2.56 bits per heavy atom. The third kappa shape index (κ3) is 1.26. The fourth-order valence-corrected chi connectivity index (χ4v) is 0.744. The first-order valence-electron chi connectivity index (χ1n) is 2.04. The van der Waals surface area contributed by atoms with E-state index in [4.69, 9.17) is 0 Å². The van der Waals surface area contributed by atoms with Crippen molar-refractivity contribution in [2.24, 2.45) is 0 Å². The van der Waals surface area contributed by atoms with Gasteiger partial charge in [0.05, 0.1) is 6.20 Å². The largest absolute Gasteiger partial charge is 0.335 e. The Morgan fingerprint density at radius 2 is 2.33 bits per heavy atom. The van der Waals surface area contributed by atoms with E-state index in [1.54, 1.807) is 0 Å². The maximum absolute atomic E-state index is 11.9. The van der Waals surface area contributed by atoms with Crippen LogP contribution in [-0.2, 0) is 10.2 Å². The molecule has 0 unspecified atom stereocenters. The average Bonchev–Trinajstić information content (AvgIpc) is 2.08. The number of hydrogen-bond acceptors (Lipinski definition) is 3. The Morgan fingerprint density at radius 1 is 1.67 bits per heavy atom. The summed E-state index contributed by atoms with van der Waals surface area (Å²) in [5.74, 6) is 0. The first-order valence-corrected chi connectivity index (χ1v) is 3.42. The number of H-pyrrole nitrogens is 1. The van der Waals surface area contributed by atoms with Gasteiger partial charge in [0.2, 0.25) is 0 Å². The minimum absolute atomic E-state index is 0.442. The Hall–Kier alpha value is -0.910. The number of aromatic nitrogens is 2. The van der Waals surface area contributed by atoms with Crippen LogP contribution >= 0.6 is 0 Å². The van der Waals surface area contributed by atoms with E-state index in [2.05, 4.69) is 10.2 Å². The van der Waals surface area contributed by atoms with Crippen molar-refractivity contribution in [3.05, 3.63) is 12.4 Å². The van der Waals surface area contributed by atoms with Crippen molar-refractivity contribution >= 4 is 10.2 Å². The summed E-state index contributed by atoms with van der Waals surface area (Å²) < 4.78 is 31.8. The molecule has 6 heteroatoms. The molecule has 1 rings (SSSR count). The summed E-state index contributed by atoms with van der Waals surface area (Å²) in [5.41, 5.74) is 0. The van der Waals surface area contributed by atoms with E-state index in [0.717, 1.165) is 12.4 Å². The van der Waals surface area contributed by atoms with Crippen molar-refractivity contribution in [1.82, 2.24) is 10.2 Å². The summed E-state index contributed by atoms with van der Waals surface area (Å²) >= 11 is 0. The van der Waals surface area contributed by atoms with Crippen LogP contribution in [0.3, 0.4) is 0 Å². The summed E-state index contributed by atoms with van der Waals surface area (Å²) in [5, 5.41) is 5.41. The van der Waals surface area contributed by atoms with Crippen molar-refractivity contribution in [2.75, 3.05) is 0 Å². The minimum Gasteiger partial charge on any atom is -0.284 e. The zero-order valence-corrected chi connectivity index (χ0v) is 5.02. The summed E-state index contributed by atoms with van der Waals surface area (Å²) in [6, 6.07) is 0. The molecule has 0 aliphatic carbocycles. The van der Waals surface area contributed by atoms with Gasteiger partial charge in [0.1, 0.15) is 4.90 Å². The van der Waals surface area contributed by atoms with E-state index < -0.39 is 15.1 Å². The molecule has 0 saturated carbocycles. The van der Waals surface area contributed by atoms with Crippen LogP contribution in [-0.4, -0.2) is 18.6 Å². The Labute approximate surface area is 50.9 Å². The fourth-order valence-electron chi connectivity index (χ4n) is 0.372. The normalized spacial score (nSPS) is 11.7.